The average Bonchev–Trinajstić information content (AvgIpc) is 3.43. The second-order valence-electron chi connectivity index (χ2n) is 6.91. The van der Waals surface area contributed by atoms with Crippen LogP contribution < -0.4 is 10.6 Å². The summed E-state index contributed by atoms with van der Waals surface area (Å²) in [7, 11) is 0. The number of hydrogen-bond acceptors (Lipinski definition) is 4. The minimum atomic E-state index is -0.591. The van der Waals surface area contributed by atoms with Crippen molar-refractivity contribution in [3.63, 3.8) is 0 Å². The van der Waals surface area contributed by atoms with Gasteiger partial charge in [-0.3, -0.25) is 0 Å². The molecule has 4 rings (SSSR count). The fourth-order valence-corrected chi connectivity index (χ4v) is 4.19. The average molecular weight is 547 g/mol. The fraction of sp³-hybridized carbons (Fsp3) is 0.217. The van der Waals surface area contributed by atoms with Gasteiger partial charge in [-0.05, 0) is 36.6 Å². The molecule has 0 bridgehead atoms. The number of aromatic nitrogens is 2. The van der Waals surface area contributed by atoms with Gasteiger partial charge in [0, 0.05) is 34.4 Å². The Morgan fingerprint density at radius 2 is 1.90 bits per heavy atom. The molecule has 162 valence electrons. The summed E-state index contributed by atoms with van der Waals surface area (Å²) in [5, 5.41) is 22.6. The van der Waals surface area contributed by atoms with Crippen LogP contribution in [0.2, 0.25) is 0 Å². The smallest absolute Gasteiger partial charge is 0.191 e. The number of aliphatic imine (C=N–C) groups is 1. The van der Waals surface area contributed by atoms with Gasteiger partial charge < -0.3 is 15.7 Å². The molecule has 0 aliphatic heterocycles. The van der Waals surface area contributed by atoms with Crippen molar-refractivity contribution >= 4 is 51.4 Å². The van der Waals surface area contributed by atoms with Gasteiger partial charge in [0.1, 0.15) is 6.10 Å². The summed E-state index contributed by atoms with van der Waals surface area (Å²) in [5.74, 6) is 0.671. The number of hydrogen-bond donors (Lipinski definition) is 3. The first-order valence-corrected chi connectivity index (χ1v) is 10.8. The van der Waals surface area contributed by atoms with E-state index in [1.807, 2.05) is 72.5 Å². The number of fused-ring (bicyclic) bond motifs is 1. The molecule has 0 radical (unpaired) electrons. The third-order valence-corrected chi connectivity index (χ3v) is 5.87. The second kappa shape index (κ2) is 11.3. The van der Waals surface area contributed by atoms with Gasteiger partial charge in [0.2, 0.25) is 0 Å². The lowest BCUT2D eigenvalue weighted by molar-refractivity contribution is 0.184. The van der Waals surface area contributed by atoms with Crippen molar-refractivity contribution in [3.8, 4) is 5.69 Å². The van der Waals surface area contributed by atoms with Crippen molar-refractivity contribution in [3.05, 3.63) is 83.5 Å². The van der Waals surface area contributed by atoms with Crippen molar-refractivity contribution in [1.29, 1.82) is 0 Å². The maximum absolute atomic E-state index is 10.6. The van der Waals surface area contributed by atoms with Gasteiger partial charge in [-0.2, -0.15) is 5.10 Å². The Morgan fingerprint density at radius 1 is 1.13 bits per heavy atom. The molecule has 1 unspecified atom stereocenters. The van der Waals surface area contributed by atoms with Crippen LogP contribution in [0.25, 0.3) is 15.8 Å². The van der Waals surface area contributed by atoms with Gasteiger partial charge in [-0.15, -0.1) is 35.3 Å². The van der Waals surface area contributed by atoms with Crippen molar-refractivity contribution in [2.24, 2.45) is 4.99 Å². The lowest BCUT2D eigenvalue weighted by atomic mass is 10.2. The number of para-hydroxylation sites is 1. The molecule has 0 fully saturated rings. The van der Waals surface area contributed by atoms with Gasteiger partial charge >= 0.3 is 0 Å². The molecule has 0 aliphatic carbocycles. The van der Waals surface area contributed by atoms with E-state index in [0.29, 0.717) is 19.0 Å². The second-order valence-corrected chi connectivity index (χ2v) is 8.02. The maximum atomic E-state index is 10.6. The largest absolute Gasteiger partial charge is 0.386 e. The molecule has 3 N–H and O–H groups in total. The Balaban J connectivity index is 0.00000272. The Labute approximate surface area is 203 Å². The monoisotopic (exact) mass is 547 g/mol. The number of halogens is 1. The Kier molecular flexibility index (Phi) is 8.44. The van der Waals surface area contributed by atoms with Crippen LogP contribution in [0.5, 0.6) is 0 Å². The summed E-state index contributed by atoms with van der Waals surface area (Å²) in [4.78, 5) is 5.58. The molecule has 2 heterocycles. The lowest BCUT2D eigenvalue weighted by Gasteiger charge is -2.14. The van der Waals surface area contributed by atoms with E-state index in [-0.39, 0.29) is 24.0 Å². The Morgan fingerprint density at radius 3 is 2.68 bits per heavy atom. The molecule has 0 spiro atoms. The van der Waals surface area contributed by atoms with Crippen molar-refractivity contribution in [1.82, 2.24) is 20.4 Å². The molecule has 2 aromatic carbocycles. The molecule has 4 aromatic rings. The summed E-state index contributed by atoms with van der Waals surface area (Å²) in [6.45, 7) is 3.66. The highest BCUT2D eigenvalue weighted by molar-refractivity contribution is 14.0. The third kappa shape index (κ3) is 6.05. The number of rotatable bonds is 7. The van der Waals surface area contributed by atoms with E-state index in [9.17, 15) is 5.11 Å². The van der Waals surface area contributed by atoms with E-state index in [0.717, 1.165) is 28.1 Å². The number of guanidine groups is 1. The van der Waals surface area contributed by atoms with E-state index in [4.69, 9.17) is 0 Å². The molecule has 0 aliphatic rings. The number of nitrogens with zero attached hydrogens (tertiary/aromatic N) is 3. The predicted octanol–water partition coefficient (Wildman–Crippen LogP) is 4.49. The standard InChI is InChI=1S/C23H25N5OS.HI/c1-2-24-23(25-13-17-14-27-28(16-17)19-9-4-3-5-10-19)26-15-20(29)22-12-18-8-6-7-11-21(18)30-22;/h3-12,14,16,20,29H,2,13,15H2,1H3,(H2,24,25,26);1H. The van der Waals surface area contributed by atoms with E-state index in [1.54, 1.807) is 11.3 Å². The van der Waals surface area contributed by atoms with Gasteiger partial charge in [-0.1, -0.05) is 36.4 Å². The van der Waals surface area contributed by atoms with Crippen LogP contribution >= 0.6 is 35.3 Å². The van der Waals surface area contributed by atoms with Crippen LogP contribution in [0.15, 0.2) is 78.0 Å². The van der Waals surface area contributed by atoms with Gasteiger partial charge in [0.25, 0.3) is 0 Å². The zero-order valence-corrected chi connectivity index (χ0v) is 20.4. The topological polar surface area (TPSA) is 74.5 Å². The van der Waals surface area contributed by atoms with Crippen LogP contribution in [0, 0.1) is 0 Å². The first-order chi connectivity index (χ1) is 14.7. The Bertz CT molecular complexity index is 1090. The molecule has 0 saturated carbocycles. The first-order valence-electron chi connectivity index (χ1n) is 10.0. The maximum Gasteiger partial charge on any atom is 0.191 e. The number of benzene rings is 2. The lowest BCUT2D eigenvalue weighted by Crippen LogP contribution is -2.39. The normalized spacial score (nSPS) is 12.4. The highest BCUT2D eigenvalue weighted by Crippen LogP contribution is 2.29. The zero-order chi connectivity index (χ0) is 20.8. The van der Waals surface area contributed by atoms with Gasteiger partial charge in [-0.25, -0.2) is 9.67 Å². The molecule has 0 saturated heterocycles. The Hall–Kier alpha value is -2.43. The first kappa shape index (κ1) is 23.2. The van der Waals surface area contributed by atoms with Crippen molar-refractivity contribution in [2.75, 3.05) is 13.1 Å². The minimum Gasteiger partial charge on any atom is -0.386 e. The highest BCUT2D eigenvalue weighted by Gasteiger charge is 2.12. The molecular formula is C23H26IN5OS. The number of nitrogens with one attached hydrogen (secondary N) is 2. The number of thiophene rings is 1. The predicted molar refractivity (Wildman–Crippen MR) is 139 cm³/mol. The third-order valence-electron chi connectivity index (χ3n) is 4.66. The SMILES string of the molecule is CCNC(=NCc1cnn(-c2ccccc2)c1)NCC(O)c1cc2ccccc2s1.I. The molecule has 31 heavy (non-hydrogen) atoms. The minimum absolute atomic E-state index is 0. The molecule has 0 amide bonds. The number of aliphatic hydroxyl groups is 1. The number of aliphatic hydroxyl groups excluding tert-OH is 1. The molecule has 2 aromatic heterocycles. The quantitative estimate of drug-likeness (QED) is 0.181. The summed E-state index contributed by atoms with van der Waals surface area (Å²) in [6, 6.07) is 20.2. The summed E-state index contributed by atoms with van der Waals surface area (Å²) in [6.07, 6.45) is 3.22. The van der Waals surface area contributed by atoms with Crippen LogP contribution in [0.4, 0.5) is 0 Å². The van der Waals surface area contributed by atoms with E-state index in [2.05, 4.69) is 32.9 Å². The van der Waals surface area contributed by atoms with Crippen molar-refractivity contribution < 1.29 is 5.11 Å². The molecule has 6 nitrogen and oxygen atoms in total. The van der Waals surface area contributed by atoms with E-state index < -0.39 is 6.10 Å². The molecule has 1 atom stereocenters. The summed E-state index contributed by atoms with van der Waals surface area (Å²) in [5.41, 5.74) is 2.03. The van der Waals surface area contributed by atoms with Crippen LogP contribution in [0.1, 0.15) is 23.5 Å². The van der Waals surface area contributed by atoms with Crippen LogP contribution in [-0.2, 0) is 6.54 Å². The van der Waals surface area contributed by atoms with E-state index in [1.165, 1.54) is 4.70 Å². The molecular weight excluding hydrogens is 521 g/mol. The zero-order valence-electron chi connectivity index (χ0n) is 17.2. The van der Waals surface area contributed by atoms with Gasteiger partial charge in [0.05, 0.1) is 18.4 Å². The van der Waals surface area contributed by atoms with Gasteiger partial charge in [0.15, 0.2) is 5.96 Å². The summed E-state index contributed by atoms with van der Waals surface area (Å²) < 4.78 is 3.03. The highest BCUT2D eigenvalue weighted by atomic mass is 127. The van der Waals surface area contributed by atoms with Crippen molar-refractivity contribution in [2.45, 2.75) is 19.6 Å². The van der Waals surface area contributed by atoms with E-state index >= 15 is 0 Å². The molecule has 8 heteroatoms. The fourth-order valence-electron chi connectivity index (χ4n) is 3.14. The summed E-state index contributed by atoms with van der Waals surface area (Å²) >= 11 is 1.62. The van der Waals surface area contributed by atoms with Crippen LogP contribution in [-0.4, -0.2) is 33.9 Å². The van der Waals surface area contributed by atoms with Crippen LogP contribution in [0.3, 0.4) is 0 Å².